The van der Waals surface area contributed by atoms with Gasteiger partial charge in [-0.3, -0.25) is 0 Å². The number of hydrogen-bond donors (Lipinski definition) is 2. The molecule has 0 aliphatic rings. The Hall–Kier alpha value is -0.490. The Morgan fingerprint density at radius 1 is 0.438 bits per heavy atom. The van der Waals surface area contributed by atoms with Crippen molar-refractivity contribution in [2.24, 2.45) is 5.92 Å². The highest BCUT2D eigenvalue weighted by Gasteiger charge is 2.95. The highest BCUT2D eigenvalue weighted by Crippen LogP contribution is 2.64. The molecule has 0 spiro atoms. The summed E-state index contributed by atoms with van der Waals surface area (Å²) in [6.07, 6.45) is -11.4. The minimum atomic E-state index is -8.60. The Morgan fingerprint density at radius 3 is 1.00 bits per heavy atom. The summed E-state index contributed by atoms with van der Waals surface area (Å²) in [7, 11) is 0. The van der Waals surface area contributed by atoms with Crippen LogP contribution >= 0.6 is 25.3 Å². The van der Waals surface area contributed by atoms with E-state index in [-0.39, 0.29) is 0 Å². The summed E-state index contributed by atoms with van der Waals surface area (Å²) in [5.41, 5.74) is 0. The van der Waals surface area contributed by atoms with Gasteiger partial charge in [0.2, 0.25) is 0 Å². The number of alkyl halides is 17. The Kier molecular flexibility index (Phi) is 8.80. The highest BCUT2D eigenvalue weighted by atomic mass is 32.1. The third-order valence-electron chi connectivity index (χ3n) is 4.17. The van der Waals surface area contributed by atoms with Crippen LogP contribution in [0, 0.1) is 5.92 Å². The minimum absolute atomic E-state index is 0.394. The molecule has 0 saturated carbocycles. The topological polar surface area (TPSA) is 0 Å². The van der Waals surface area contributed by atoms with Gasteiger partial charge in [-0.15, -0.1) is 0 Å². The fraction of sp³-hybridized carbons (Fsp3) is 1.00. The normalized spacial score (nSPS) is 16.1. The van der Waals surface area contributed by atoms with E-state index in [0.29, 0.717) is 0 Å². The van der Waals surface area contributed by atoms with Crippen LogP contribution in [-0.4, -0.2) is 59.1 Å². The zero-order valence-electron chi connectivity index (χ0n) is 14.7. The van der Waals surface area contributed by atoms with Gasteiger partial charge in [-0.2, -0.15) is 99.9 Å². The Labute approximate surface area is 178 Å². The van der Waals surface area contributed by atoms with E-state index in [2.05, 4.69) is 25.3 Å². The van der Waals surface area contributed by atoms with E-state index in [9.17, 15) is 74.6 Å². The first kappa shape index (κ1) is 31.5. The van der Waals surface area contributed by atoms with Crippen molar-refractivity contribution in [2.75, 3.05) is 11.5 Å². The van der Waals surface area contributed by atoms with Crippen LogP contribution in [0.4, 0.5) is 74.6 Å². The third kappa shape index (κ3) is 4.56. The van der Waals surface area contributed by atoms with E-state index in [1.807, 2.05) is 0 Å². The molecule has 0 fully saturated rings. The van der Waals surface area contributed by atoms with Crippen molar-refractivity contribution in [3.05, 3.63) is 0 Å². The first-order valence-electron chi connectivity index (χ1n) is 7.67. The molecular formula is C13H11F17S2. The van der Waals surface area contributed by atoms with Gasteiger partial charge >= 0.3 is 47.6 Å². The second-order valence-electron chi connectivity index (χ2n) is 6.42. The summed E-state index contributed by atoms with van der Waals surface area (Å²) in [4.78, 5) is 0. The molecule has 0 nitrogen and oxygen atoms in total. The quantitative estimate of drug-likeness (QED) is 0.195. The van der Waals surface area contributed by atoms with E-state index < -0.39 is 77.9 Å². The van der Waals surface area contributed by atoms with Crippen LogP contribution in [0.5, 0.6) is 0 Å². The van der Waals surface area contributed by atoms with Gasteiger partial charge in [0, 0.05) is 6.42 Å². The largest absolute Gasteiger partial charge is 0.460 e. The van der Waals surface area contributed by atoms with Crippen molar-refractivity contribution in [1.29, 1.82) is 0 Å². The first-order chi connectivity index (χ1) is 13.7. The number of rotatable bonds is 11. The molecule has 0 aromatic heterocycles. The molecule has 194 valence electrons. The Bertz CT molecular complexity index is 635. The SMILES string of the molecule is FC(F)(F)C(F)(F)C(F)(F)C(F)(F)C(F)(F)C(F)(F)C(F)(F)C(F)(F)CCC(CS)CS. The van der Waals surface area contributed by atoms with E-state index in [0.717, 1.165) is 0 Å². The fourth-order valence-electron chi connectivity index (χ4n) is 1.98. The zero-order valence-corrected chi connectivity index (χ0v) is 16.5. The lowest BCUT2D eigenvalue weighted by atomic mass is 9.87. The van der Waals surface area contributed by atoms with Crippen LogP contribution in [0.2, 0.25) is 0 Å². The van der Waals surface area contributed by atoms with Gasteiger partial charge in [-0.1, -0.05) is 0 Å². The number of thiol groups is 2. The van der Waals surface area contributed by atoms with E-state index >= 15 is 0 Å². The van der Waals surface area contributed by atoms with Gasteiger partial charge in [0.25, 0.3) is 0 Å². The van der Waals surface area contributed by atoms with Crippen molar-refractivity contribution < 1.29 is 74.6 Å². The molecule has 0 aromatic rings. The van der Waals surface area contributed by atoms with Gasteiger partial charge in [0.1, 0.15) is 0 Å². The molecule has 0 unspecified atom stereocenters. The van der Waals surface area contributed by atoms with Crippen molar-refractivity contribution in [2.45, 2.75) is 60.5 Å². The molecular weight excluding hydrogens is 543 g/mol. The first-order valence-corrected chi connectivity index (χ1v) is 8.94. The van der Waals surface area contributed by atoms with Gasteiger partial charge < -0.3 is 0 Å². The lowest BCUT2D eigenvalue weighted by Crippen LogP contribution is -2.74. The number of hydrogen-bond acceptors (Lipinski definition) is 2. The average Bonchev–Trinajstić information content (AvgIpc) is 2.60. The predicted octanol–water partition coefficient (Wildman–Crippen LogP) is 7.25. The summed E-state index contributed by atoms with van der Waals surface area (Å²) in [6, 6.07) is 0. The Morgan fingerprint density at radius 2 is 0.719 bits per heavy atom. The summed E-state index contributed by atoms with van der Waals surface area (Å²) in [5, 5.41) is 0. The molecule has 0 aliphatic heterocycles. The molecule has 0 aliphatic carbocycles. The van der Waals surface area contributed by atoms with E-state index in [4.69, 9.17) is 0 Å². The molecule has 0 aromatic carbocycles. The third-order valence-corrected chi connectivity index (χ3v) is 5.20. The molecule has 0 rings (SSSR count). The molecule has 32 heavy (non-hydrogen) atoms. The van der Waals surface area contributed by atoms with Crippen LogP contribution in [0.15, 0.2) is 0 Å². The monoisotopic (exact) mass is 554 g/mol. The molecule has 0 bridgehead atoms. The fourth-order valence-corrected chi connectivity index (χ4v) is 2.81. The van der Waals surface area contributed by atoms with Crippen LogP contribution in [0.25, 0.3) is 0 Å². The van der Waals surface area contributed by atoms with Crippen LogP contribution in [0.1, 0.15) is 12.8 Å². The van der Waals surface area contributed by atoms with Crippen molar-refractivity contribution in [1.82, 2.24) is 0 Å². The molecule has 0 saturated heterocycles. The van der Waals surface area contributed by atoms with Crippen LogP contribution < -0.4 is 0 Å². The molecule has 0 radical (unpaired) electrons. The van der Waals surface area contributed by atoms with Gasteiger partial charge in [-0.25, -0.2) is 0 Å². The molecule has 0 N–H and O–H groups in total. The maximum absolute atomic E-state index is 13.6. The molecule has 0 heterocycles. The zero-order chi connectivity index (χ0) is 26.4. The minimum Gasteiger partial charge on any atom is -0.200 e. The van der Waals surface area contributed by atoms with Gasteiger partial charge in [0.05, 0.1) is 0 Å². The summed E-state index contributed by atoms with van der Waals surface area (Å²) in [6.45, 7) is 0. The molecule has 19 heteroatoms. The summed E-state index contributed by atoms with van der Waals surface area (Å²) >= 11 is 7.05. The van der Waals surface area contributed by atoms with Crippen LogP contribution in [0.3, 0.4) is 0 Å². The lowest BCUT2D eigenvalue weighted by molar-refractivity contribution is -0.461. The van der Waals surface area contributed by atoms with Gasteiger partial charge in [-0.05, 0) is 23.8 Å². The lowest BCUT2D eigenvalue weighted by Gasteiger charge is -2.43. The maximum atomic E-state index is 13.6. The Balaban J connectivity index is 6.47. The van der Waals surface area contributed by atoms with Crippen LogP contribution in [-0.2, 0) is 0 Å². The van der Waals surface area contributed by atoms with Gasteiger partial charge in [0.15, 0.2) is 0 Å². The van der Waals surface area contributed by atoms with E-state index in [1.54, 1.807) is 0 Å². The van der Waals surface area contributed by atoms with Crippen molar-refractivity contribution in [3.63, 3.8) is 0 Å². The standard InChI is InChI=1S/C13H11F17S2/c14-6(15,2-1-5(3-31)4-32)7(16,17)8(18,19)9(20,21)10(22,23)11(24,25)12(26,27)13(28,29)30/h5,31-32H,1-4H2. The van der Waals surface area contributed by atoms with Crippen molar-refractivity contribution >= 4 is 25.3 Å². The second kappa shape index (κ2) is 8.94. The average molecular weight is 554 g/mol. The number of halogens is 17. The summed E-state index contributed by atoms with van der Waals surface area (Å²) < 4.78 is 222. The smallest absolute Gasteiger partial charge is 0.200 e. The van der Waals surface area contributed by atoms with E-state index in [1.165, 1.54) is 0 Å². The predicted molar refractivity (Wildman–Crippen MR) is 81.1 cm³/mol. The second-order valence-corrected chi connectivity index (χ2v) is 7.15. The molecule has 0 amide bonds. The molecule has 0 atom stereocenters. The maximum Gasteiger partial charge on any atom is 0.460 e. The summed E-state index contributed by atoms with van der Waals surface area (Å²) in [5.74, 6) is -57.9. The highest BCUT2D eigenvalue weighted by molar-refractivity contribution is 7.81. The van der Waals surface area contributed by atoms with Crippen molar-refractivity contribution in [3.8, 4) is 0 Å².